The van der Waals surface area contributed by atoms with Gasteiger partial charge in [-0.2, -0.15) is 0 Å². The predicted octanol–water partition coefficient (Wildman–Crippen LogP) is 1.35. The molecule has 1 aromatic rings. The third kappa shape index (κ3) is 6.36. The molecule has 1 unspecified atom stereocenters. The fourth-order valence-corrected chi connectivity index (χ4v) is 3.56. The Hall–Kier alpha value is -1.83. The van der Waals surface area contributed by atoms with Crippen molar-refractivity contribution in [3.05, 3.63) is 29.8 Å². The van der Waals surface area contributed by atoms with Crippen LogP contribution in [0.2, 0.25) is 0 Å². The van der Waals surface area contributed by atoms with E-state index in [0.717, 1.165) is 30.7 Å². The molecule has 2 saturated heterocycles. The number of benzene rings is 1. The molecule has 2 N–H and O–H groups in total. The molecular weight excluding hydrogens is 382 g/mol. The maximum absolute atomic E-state index is 12.4. The van der Waals surface area contributed by atoms with Crippen molar-refractivity contribution in [3.8, 4) is 5.75 Å². The third-order valence-electron chi connectivity index (χ3n) is 5.26. The lowest BCUT2D eigenvalue weighted by atomic mass is 9.95. The summed E-state index contributed by atoms with van der Waals surface area (Å²) in [7, 11) is 1.63. The fraction of sp³-hybridized carbons (Fsp3) is 0.600. The maximum atomic E-state index is 12.4. The van der Waals surface area contributed by atoms with Crippen LogP contribution in [0.5, 0.6) is 5.75 Å². The number of nitrogens with zero attached hydrogens (tertiary/aromatic N) is 1. The number of nitrogens with one attached hydrogen (secondary N) is 2. The summed E-state index contributed by atoms with van der Waals surface area (Å²) in [6.45, 7) is 3.90. The van der Waals surface area contributed by atoms with Gasteiger partial charge in [-0.05, 0) is 30.5 Å². The molecule has 28 heavy (non-hydrogen) atoms. The largest absolute Gasteiger partial charge is 0.497 e. The summed E-state index contributed by atoms with van der Waals surface area (Å²) in [6.07, 6.45) is 1.90. The van der Waals surface area contributed by atoms with E-state index in [4.69, 9.17) is 9.47 Å². The van der Waals surface area contributed by atoms with Gasteiger partial charge in [0.1, 0.15) is 5.75 Å². The van der Waals surface area contributed by atoms with E-state index in [1.165, 1.54) is 0 Å². The van der Waals surface area contributed by atoms with E-state index in [-0.39, 0.29) is 36.2 Å². The highest BCUT2D eigenvalue weighted by molar-refractivity contribution is 5.85. The Morgan fingerprint density at radius 1 is 1.25 bits per heavy atom. The van der Waals surface area contributed by atoms with Gasteiger partial charge in [0.15, 0.2) is 0 Å². The zero-order valence-corrected chi connectivity index (χ0v) is 17.1. The molecule has 0 radical (unpaired) electrons. The Labute approximate surface area is 172 Å². The number of morpholine rings is 1. The molecule has 3 rings (SSSR count). The number of ether oxygens (including phenoxy) is 2. The summed E-state index contributed by atoms with van der Waals surface area (Å²) in [6, 6.07) is 7.78. The lowest BCUT2D eigenvalue weighted by Crippen LogP contribution is -2.47. The first kappa shape index (κ1) is 22.5. The lowest BCUT2D eigenvalue weighted by Gasteiger charge is -2.33. The topological polar surface area (TPSA) is 79.9 Å². The van der Waals surface area contributed by atoms with Crippen LogP contribution in [0, 0.1) is 5.92 Å². The van der Waals surface area contributed by atoms with Crippen LogP contribution in [0.15, 0.2) is 24.3 Å². The molecular formula is C20H30ClN3O4. The Bertz CT molecular complexity index is 627. The van der Waals surface area contributed by atoms with E-state index in [0.29, 0.717) is 39.3 Å². The normalized spacial score (nSPS) is 20.2. The monoisotopic (exact) mass is 411 g/mol. The van der Waals surface area contributed by atoms with Gasteiger partial charge >= 0.3 is 0 Å². The Morgan fingerprint density at radius 2 is 1.96 bits per heavy atom. The number of rotatable bonds is 6. The second-order valence-electron chi connectivity index (χ2n) is 7.15. The minimum atomic E-state index is -0.0246. The highest BCUT2D eigenvalue weighted by Gasteiger charge is 2.28. The van der Waals surface area contributed by atoms with Crippen LogP contribution in [0.1, 0.15) is 24.8 Å². The molecule has 2 aliphatic rings. The van der Waals surface area contributed by atoms with Crippen molar-refractivity contribution in [2.45, 2.75) is 31.8 Å². The molecule has 2 amide bonds. The van der Waals surface area contributed by atoms with Crippen LogP contribution in [0.25, 0.3) is 0 Å². The van der Waals surface area contributed by atoms with Crippen LogP contribution in [-0.2, 0) is 20.9 Å². The Kier molecular flexibility index (Phi) is 9.02. The number of methoxy groups -OCH3 is 1. The zero-order valence-electron chi connectivity index (χ0n) is 16.3. The Balaban J connectivity index is 0.00000280. The number of piperidine rings is 1. The molecule has 2 fully saturated rings. The number of hydrogen-bond donors (Lipinski definition) is 2. The molecule has 7 nitrogen and oxygen atoms in total. The van der Waals surface area contributed by atoms with Gasteiger partial charge in [0.25, 0.3) is 0 Å². The summed E-state index contributed by atoms with van der Waals surface area (Å²) in [5.41, 5.74) is 1.04. The Morgan fingerprint density at radius 3 is 2.57 bits per heavy atom. The van der Waals surface area contributed by atoms with Crippen molar-refractivity contribution in [1.29, 1.82) is 0 Å². The summed E-state index contributed by atoms with van der Waals surface area (Å²) >= 11 is 0. The highest BCUT2D eigenvalue weighted by Crippen LogP contribution is 2.19. The summed E-state index contributed by atoms with van der Waals surface area (Å²) < 4.78 is 10.5. The van der Waals surface area contributed by atoms with Gasteiger partial charge in [-0.1, -0.05) is 12.1 Å². The second-order valence-corrected chi connectivity index (χ2v) is 7.15. The van der Waals surface area contributed by atoms with Crippen molar-refractivity contribution >= 4 is 24.2 Å². The van der Waals surface area contributed by atoms with Gasteiger partial charge in [0, 0.05) is 44.6 Å². The first-order valence-electron chi connectivity index (χ1n) is 9.65. The van der Waals surface area contributed by atoms with E-state index in [9.17, 15) is 9.59 Å². The van der Waals surface area contributed by atoms with E-state index < -0.39 is 0 Å². The minimum absolute atomic E-state index is 0. The van der Waals surface area contributed by atoms with Gasteiger partial charge < -0.3 is 25.0 Å². The molecule has 0 aromatic heterocycles. The first-order valence-corrected chi connectivity index (χ1v) is 9.65. The van der Waals surface area contributed by atoms with Crippen molar-refractivity contribution < 1.29 is 19.1 Å². The lowest BCUT2D eigenvalue weighted by molar-refractivity contribution is -0.136. The molecule has 8 heteroatoms. The van der Waals surface area contributed by atoms with Crippen LogP contribution in [-0.4, -0.2) is 62.7 Å². The van der Waals surface area contributed by atoms with Crippen LogP contribution >= 0.6 is 12.4 Å². The van der Waals surface area contributed by atoms with Gasteiger partial charge in [0.2, 0.25) is 11.8 Å². The second kappa shape index (κ2) is 11.2. The maximum Gasteiger partial charge on any atom is 0.224 e. The quantitative estimate of drug-likeness (QED) is 0.738. The summed E-state index contributed by atoms with van der Waals surface area (Å²) in [5, 5.41) is 6.32. The van der Waals surface area contributed by atoms with E-state index in [2.05, 4.69) is 10.6 Å². The predicted molar refractivity (Wildman–Crippen MR) is 109 cm³/mol. The van der Waals surface area contributed by atoms with Gasteiger partial charge in [-0.3, -0.25) is 9.59 Å². The highest BCUT2D eigenvalue weighted by atomic mass is 35.5. The molecule has 156 valence electrons. The van der Waals surface area contributed by atoms with E-state index in [1.54, 1.807) is 7.11 Å². The fourth-order valence-electron chi connectivity index (χ4n) is 3.56. The number of carbonyl (C=O) groups is 2. The van der Waals surface area contributed by atoms with E-state index in [1.807, 2.05) is 29.2 Å². The van der Waals surface area contributed by atoms with Crippen molar-refractivity contribution in [2.75, 3.05) is 40.0 Å². The number of halogens is 1. The van der Waals surface area contributed by atoms with Crippen molar-refractivity contribution in [2.24, 2.45) is 5.92 Å². The molecule has 1 aromatic carbocycles. The molecule has 0 saturated carbocycles. The molecule has 1 atom stereocenters. The molecule has 0 bridgehead atoms. The molecule has 2 heterocycles. The minimum Gasteiger partial charge on any atom is -0.497 e. The smallest absolute Gasteiger partial charge is 0.224 e. The number of likely N-dealkylation sites (tertiary alicyclic amines) is 1. The standard InChI is InChI=1S/C20H29N3O4.ClH/c1-26-18-4-2-15(3-5-18)13-22-20(25)16-6-9-23(10-7-16)19(24)12-17-14-27-11-8-21-17;/h2-5,16-17,21H,6-14H2,1H3,(H,22,25);1H. The number of carbonyl (C=O) groups excluding carboxylic acids is 2. The third-order valence-corrected chi connectivity index (χ3v) is 5.26. The van der Waals surface area contributed by atoms with Crippen molar-refractivity contribution in [3.63, 3.8) is 0 Å². The van der Waals surface area contributed by atoms with Gasteiger partial charge in [-0.25, -0.2) is 0 Å². The average Bonchev–Trinajstić information content (AvgIpc) is 2.73. The average molecular weight is 412 g/mol. The van der Waals surface area contributed by atoms with Gasteiger partial charge in [0.05, 0.1) is 20.3 Å². The SMILES string of the molecule is COc1ccc(CNC(=O)C2CCN(C(=O)CC3COCCN3)CC2)cc1.Cl. The zero-order chi connectivity index (χ0) is 19.1. The summed E-state index contributed by atoms with van der Waals surface area (Å²) in [5.74, 6) is 0.996. The summed E-state index contributed by atoms with van der Waals surface area (Å²) in [4.78, 5) is 26.7. The molecule has 0 aliphatic carbocycles. The van der Waals surface area contributed by atoms with Gasteiger partial charge in [-0.15, -0.1) is 12.4 Å². The van der Waals surface area contributed by atoms with Crippen molar-refractivity contribution in [1.82, 2.24) is 15.5 Å². The van der Waals surface area contributed by atoms with Crippen LogP contribution < -0.4 is 15.4 Å². The molecule has 0 spiro atoms. The number of amides is 2. The number of hydrogen-bond acceptors (Lipinski definition) is 5. The molecule has 2 aliphatic heterocycles. The van der Waals surface area contributed by atoms with E-state index >= 15 is 0 Å². The van der Waals surface area contributed by atoms with Crippen LogP contribution in [0.3, 0.4) is 0 Å². The van der Waals surface area contributed by atoms with Crippen LogP contribution in [0.4, 0.5) is 0 Å². The first-order chi connectivity index (χ1) is 13.2.